The summed E-state index contributed by atoms with van der Waals surface area (Å²) in [5, 5.41) is 0. The van der Waals surface area contributed by atoms with Crippen LogP contribution in [0.4, 0.5) is 4.39 Å². The van der Waals surface area contributed by atoms with Crippen LogP contribution in [0.5, 0.6) is 11.5 Å². The predicted octanol–water partition coefficient (Wildman–Crippen LogP) is 3.74. The minimum absolute atomic E-state index is 0.270. The highest BCUT2D eigenvalue weighted by molar-refractivity contribution is 6.10. The van der Waals surface area contributed by atoms with Crippen LogP contribution < -0.4 is 9.47 Å². The van der Waals surface area contributed by atoms with Crippen molar-refractivity contribution in [2.75, 3.05) is 14.2 Å². The fraction of sp³-hybridized carbons (Fsp3) is 0.118. The van der Waals surface area contributed by atoms with Gasteiger partial charge in [-0.1, -0.05) is 24.3 Å². The minimum Gasteiger partial charge on any atom is -0.496 e. The second kappa shape index (κ2) is 6.70. The summed E-state index contributed by atoms with van der Waals surface area (Å²) in [6, 6.07) is 11.1. The first-order chi connectivity index (χ1) is 10.2. The minimum atomic E-state index is -0.348. The van der Waals surface area contributed by atoms with Crippen LogP contribution in [0.15, 0.2) is 48.5 Å². The van der Waals surface area contributed by atoms with Gasteiger partial charge in [-0.3, -0.25) is 4.79 Å². The molecule has 2 aromatic carbocycles. The maximum Gasteiger partial charge on any atom is 0.193 e. The number of benzene rings is 2. The lowest BCUT2D eigenvalue weighted by molar-refractivity contribution is 0.104. The van der Waals surface area contributed by atoms with E-state index in [0.717, 1.165) is 0 Å². The summed E-state index contributed by atoms with van der Waals surface area (Å²) in [5.74, 6) is 0.250. The predicted molar refractivity (Wildman–Crippen MR) is 79.3 cm³/mol. The molecule has 4 heteroatoms. The van der Waals surface area contributed by atoms with Crippen LogP contribution in [-0.2, 0) is 0 Å². The maximum absolute atomic E-state index is 13.1. The topological polar surface area (TPSA) is 35.5 Å². The van der Waals surface area contributed by atoms with E-state index in [1.807, 2.05) is 0 Å². The van der Waals surface area contributed by atoms with Gasteiger partial charge in [0.25, 0.3) is 0 Å². The first-order valence-corrected chi connectivity index (χ1v) is 6.34. The number of carbonyl (C=O) groups excluding carboxylic acids is 1. The molecule has 0 fully saturated rings. The van der Waals surface area contributed by atoms with Crippen LogP contribution >= 0.6 is 0 Å². The average molecular weight is 286 g/mol. The van der Waals surface area contributed by atoms with Crippen LogP contribution in [0.3, 0.4) is 0 Å². The second-order valence-electron chi connectivity index (χ2n) is 4.29. The van der Waals surface area contributed by atoms with Crippen molar-refractivity contribution in [2.24, 2.45) is 0 Å². The third-order valence-corrected chi connectivity index (χ3v) is 2.95. The monoisotopic (exact) mass is 286 g/mol. The molecule has 0 saturated carbocycles. The molecule has 0 N–H and O–H groups in total. The summed E-state index contributed by atoms with van der Waals surface area (Å²) in [6.07, 6.45) is 2.92. The van der Waals surface area contributed by atoms with Gasteiger partial charge in [0.05, 0.1) is 14.2 Å². The molecular formula is C17H15FO3. The van der Waals surface area contributed by atoms with E-state index in [1.165, 1.54) is 32.4 Å². The molecular weight excluding hydrogens is 271 g/mol. The molecule has 0 saturated heterocycles. The Morgan fingerprint density at radius 3 is 2.24 bits per heavy atom. The van der Waals surface area contributed by atoms with Gasteiger partial charge in [0.2, 0.25) is 0 Å². The van der Waals surface area contributed by atoms with Crippen LogP contribution in [-0.4, -0.2) is 20.0 Å². The fourth-order valence-electron chi connectivity index (χ4n) is 1.96. The van der Waals surface area contributed by atoms with Gasteiger partial charge in [0.15, 0.2) is 5.78 Å². The van der Waals surface area contributed by atoms with E-state index in [4.69, 9.17) is 9.47 Å². The molecule has 2 aromatic rings. The van der Waals surface area contributed by atoms with Gasteiger partial charge in [0.1, 0.15) is 22.9 Å². The zero-order valence-corrected chi connectivity index (χ0v) is 11.8. The third kappa shape index (κ3) is 3.48. The Kier molecular flexibility index (Phi) is 4.72. The number of ether oxygens (including phenoxy) is 2. The number of allylic oxidation sites excluding steroid dienone is 1. The Morgan fingerprint density at radius 2 is 1.67 bits per heavy atom. The molecule has 0 atom stereocenters. The molecule has 2 rings (SSSR count). The lowest BCUT2D eigenvalue weighted by atomic mass is 10.1. The van der Waals surface area contributed by atoms with Gasteiger partial charge in [-0.15, -0.1) is 0 Å². The number of halogens is 1. The normalized spacial score (nSPS) is 10.6. The van der Waals surface area contributed by atoms with Crippen molar-refractivity contribution >= 4 is 11.9 Å². The molecule has 0 amide bonds. The second-order valence-corrected chi connectivity index (χ2v) is 4.29. The van der Waals surface area contributed by atoms with E-state index in [0.29, 0.717) is 22.6 Å². The Labute approximate surface area is 122 Å². The van der Waals surface area contributed by atoms with E-state index in [9.17, 15) is 9.18 Å². The van der Waals surface area contributed by atoms with Gasteiger partial charge in [0, 0.05) is 0 Å². The third-order valence-electron chi connectivity index (χ3n) is 2.95. The van der Waals surface area contributed by atoms with Crippen molar-refractivity contribution in [1.82, 2.24) is 0 Å². The average Bonchev–Trinajstić information content (AvgIpc) is 2.51. The number of methoxy groups -OCH3 is 2. The molecule has 108 valence electrons. The molecule has 0 aliphatic carbocycles. The highest BCUT2D eigenvalue weighted by Gasteiger charge is 2.15. The van der Waals surface area contributed by atoms with Crippen LogP contribution in [0.2, 0.25) is 0 Å². The fourth-order valence-corrected chi connectivity index (χ4v) is 1.96. The molecule has 3 nitrogen and oxygen atoms in total. The summed E-state index contributed by atoms with van der Waals surface area (Å²) in [6.45, 7) is 0. The smallest absolute Gasteiger partial charge is 0.193 e. The van der Waals surface area contributed by atoms with Gasteiger partial charge in [-0.2, -0.15) is 0 Å². The van der Waals surface area contributed by atoms with Gasteiger partial charge < -0.3 is 9.47 Å². The molecule has 21 heavy (non-hydrogen) atoms. The number of ketones is 1. The van der Waals surface area contributed by atoms with Crippen LogP contribution in [0.1, 0.15) is 15.9 Å². The van der Waals surface area contributed by atoms with Crippen molar-refractivity contribution in [1.29, 1.82) is 0 Å². The number of carbonyl (C=O) groups is 1. The number of hydrogen-bond acceptors (Lipinski definition) is 3. The van der Waals surface area contributed by atoms with Crippen LogP contribution in [0.25, 0.3) is 6.08 Å². The maximum atomic E-state index is 13.1. The summed E-state index contributed by atoms with van der Waals surface area (Å²) in [7, 11) is 2.98. The van der Waals surface area contributed by atoms with Crippen molar-refractivity contribution in [2.45, 2.75) is 0 Å². The standard InChI is InChI=1S/C17H15FO3/c1-20-15-7-4-8-16(21-2)17(15)14(19)10-9-12-5-3-6-13(18)11-12/h3-11H,1-2H3/b10-9+. The van der Waals surface area contributed by atoms with Crippen LogP contribution in [0, 0.1) is 5.82 Å². The largest absolute Gasteiger partial charge is 0.496 e. The zero-order valence-electron chi connectivity index (χ0n) is 11.8. The molecule has 0 aromatic heterocycles. The van der Waals surface area contributed by atoms with Gasteiger partial charge >= 0.3 is 0 Å². The molecule has 0 bridgehead atoms. The molecule has 0 heterocycles. The number of hydrogen-bond donors (Lipinski definition) is 0. The van der Waals surface area contributed by atoms with E-state index in [2.05, 4.69) is 0 Å². The summed E-state index contributed by atoms with van der Waals surface area (Å²) < 4.78 is 23.5. The first kappa shape index (κ1) is 14.8. The molecule has 0 spiro atoms. The highest BCUT2D eigenvalue weighted by atomic mass is 19.1. The van der Waals surface area contributed by atoms with E-state index in [1.54, 1.807) is 36.4 Å². The Hall–Kier alpha value is -2.62. The van der Waals surface area contributed by atoms with Crippen molar-refractivity contribution in [3.05, 3.63) is 65.5 Å². The van der Waals surface area contributed by atoms with E-state index < -0.39 is 0 Å². The van der Waals surface area contributed by atoms with E-state index in [-0.39, 0.29) is 11.6 Å². The molecule has 0 unspecified atom stereocenters. The quantitative estimate of drug-likeness (QED) is 0.620. The Bertz CT molecular complexity index is 655. The molecule has 0 aliphatic heterocycles. The lowest BCUT2D eigenvalue weighted by Crippen LogP contribution is -2.02. The highest BCUT2D eigenvalue weighted by Crippen LogP contribution is 2.29. The summed E-state index contributed by atoms with van der Waals surface area (Å²) in [5.41, 5.74) is 0.951. The molecule has 0 radical (unpaired) electrons. The molecule has 0 aliphatic rings. The lowest BCUT2D eigenvalue weighted by Gasteiger charge is -2.10. The van der Waals surface area contributed by atoms with Gasteiger partial charge in [-0.05, 0) is 35.9 Å². The van der Waals surface area contributed by atoms with Crippen molar-refractivity contribution in [3.8, 4) is 11.5 Å². The Morgan fingerprint density at radius 1 is 1.05 bits per heavy atom. The SMILES string of the molecule is COc1cccc(OC)c1C(=O)/C=C/c1cccc(F)c1. The summed E-state index contributed by atoms with van der Waals surface area (Å²) >= 11 is 0. The van der Waals surface area contributed by atoms with Crippen molar-refractivity contribution < 1.29 is 18.7 Å². The van der Waals surface area contributed by atoms with Crippen molar-refractivity contribution in [3.63, 3.8) is 0 Å². The van der Waals surface area contributed by atoms with Gasteiger partial charge in [-0.25, -0.2) is 4.39 Å². The summed E-state index contributed by atoms with van der Waals surface area (Å²) in [4.78, 5) is 12.3. The van der Waals surface area contributed by atoms with E-state index >= 15 is 0 Å². The Balaban J connectivity index is 2.32. The number of rotatable bonds is 5. The first-order valence-electron chi connectivity index (χ1n) is 6.34. The zero-order chi connectivity index (χ0) is 15.2.